The first kappa shape index (κ1) is 16.0. The number of hydrogen-bond donors (Lipinski definition) is 1. The summed E-state index contributed by atoms with van der Waals surface area (Å²) in [5, 5.41) is 2.86. The summed E-state index contributed by atoms with van der Waals surface area (Å²) in [6, 6.07) is 15.4. The number of rotatable bonds is 4. The number of hydrogen-bond acceptors (Lipinski definition) is 2. The van der Waals surface area contributed by atoms with Crippen LogP contribution in [0.15, 0.2) is 59.0 Å². The van der Waals surface area contributed by atoms with Crippen LogP contribution in [0.3, 0.4) is 0 Å². The fraction of sp³-hybridized carbons (Fsp3) is 0.150. The summed E-state index contributed by atoms with van der Waals surface area (Å²) in [5.74, 6) is 0.876. The van der Waals surface area contributed by atoms with Gasteiger partial charge < -0.3 is 9.73 Å². The molecule has 2 aromatic carbocycles. The van der Waals surface area contributed by atoms with E-state index in [0.29, 0.717) is 23.6 Å². The summed E-state index contributed by atoms with van der Waals surface area (Å²) in [6.07, 6.45) is 0. The first-order valence-electron chi connectivity index (χ1n) is 7.73. The molecule has 0 spiro atoms. The molecule has 0 aliphatic carbocycles. The Morgan fingerprint density at radius 1 is 1.04 bits per heavy atom. The largest absolute Gasteiger partial charge is 0.459 e. The standard InChI is InChI=1S/C20H18FNO2/c1-13-4-3-5-18(14(13)2)20(23)22-12-17-10-11-19(24-17)15-6-8-16(21)9-7-15/h3-11H,12H2,1-2H3,(H,22,23). The van der Waals surface area contributed by atoms with Gasteiger partial charge in [0.05, 0.1) is 6.54 Å². The van der Waals surface area contributed by atoms with E-state index < -0.39 is 0 Å². The predicted octanol–water partition coefficient (Wildman–Crippen LogP) is 4.63. The third-order valence-electron chi connectivity index (χ3n) is 4.06. The molecule has 0 aliphatic heterocycles. The molecule has 24 heavy (non-hydrogen) atoms. The Morgan fingerprint density at radius 3 is 2.54 bits per heavy atom. The van der Waals surface area contributed by atoms with Gasteiger partial charge in [-0.3, -0.25) is 4.79 Å². The predicted molar refractivity (Wildman–Crippen MR) is 91.2 cm³/mol. The molecular formula is C20H18FNO2. The molecule has 1 aromatic heterocycles. The highest BCUT2D eigenvalue weighted by Gasteiger charge is 2.11. The van der Waals surface area contributed by atoms with Crippen LogP contribution in [0.2, 0.25) is 0 Å². The molecule has 3 nitrogen and oxygen atoms in total. The van der Waals surface area contributed by atoms with E-state index in [4.69, 9.17) is 4.42 Å². The minimum atomic E-state index is -0.286. The number of aryl methyl sites for hydroxylation is 1. The lowest BCUT2D eigenvalue weighted by Gasteiger charge is -2.08. The lowest BCUT2D eigenvalue weighted by atomic mass is 10.0. The second kappa shape index (κ2) is 6.71. The maximum atomic E-state index is 13.0. The lowest BCUT2D eigenvalue weighted by Crippen LogP contribution is -2.23. The Balaban J connectivity index is 1.68. The van der Waals surface area contributed by atoms with Gasteiger partial charge in [-0.2, -0.15) is 0 Å². The number of benzene rings is 2. The van der Waals surface area contributed by atoms with Crippen molar-refractivity contribution >= 4 is 5.91 Å². The Bertz CT molecular complexity index is 866. The van der Waals surface area contributed by atoms with E-state index >= 15 is 0 Å². The zero-order valence-corrected chi connectivity index (χ0v) is 13.6. The lowest BCUT2D eigenvalue weighted by molar-refractivity contribution is 0.0947. The highest BCUT2D eigenvalue weighted by atomic mass is 19.1. The minimum absolute atomic E-state index is 0.129. The zero-order chi connectivity index (χ0) is 17.1. The number of carbonyl (C=O) groups is 1. The van der Waals surface area contributed by atoms with E-state index in [1.807, 2.05) is 44.2 Å². The molecule has 3 rings (SSSR count). The fourth-order valence-electron chi connectivity index (χ4n) is 2.50. The SMILES string of the molecule is Cc1cccc(C(=O)NCc2ccc(-c3ccc(F)cc3)o2)c1C. The number of furan rings is 1. The monoisotopic (exact) mass is 323 g/mol. The summed E-state index contributed by atoms with van der Waals surface area (Å²) in [7, 11) is 0. The van der Waals surface area contributed by atoms with Crippen LogP contribution in [-0.4, -0.2) is 5.91 Å². The van der Waals surface area contributed by atoms with Crippen molar-refractivity contribution in [1.82, 2.24) is 5.32 Å². The van der Waals surface area contributed by atoms with E-state index in [9.17, 15) is 9.18 Å². The van der Waals surface area contributed by atoms with Gasteiger partial charge in [0.2, 0.25) is 0 Å². The van der Waals surface area contributed by atoms with Crippen molar-refractivity contribution in [3.8, 4) is 11.3 Å². The molecule has 0 unspecified atom stereocenters. The molecule has 0 saturated carbocycles. The van der Waals surface area contributed by atoms with Gasteiger partial charge in [-0.15, -0.1) is 0 Å². The van der Waals surface area contributed by atoms with Gasteiger partial charge in [0.15, 0.2) is 0 Å². The highest BCUT2D eigenvalue weighted by molar-refractivity contribution is 5.95. The molecule has 0 aliphatic rings. The molecule has 3 aromatic rings. The van der Waals surface area contributed by atoms with Crippen LogP contribution >= 0.6 is 0 Å². The van der Waals surface area contributed by atoms with Gasteiger partial charge in [0.1, 0.15) is 17.3 Å². The van der Waals surface area contributed by atoms with Crippen molar-refractivity contribution in [2.45, 2.75) is 20.4 Å². The van der Waals surface area contributed by atoms with E-state index in [2.05, 4.69) is 5.32 Å². The number of carbonyl (C=O) groups excluding carboxylic acids is 1. The Kier molecular flexibility index (Phi) is 4.47. The van der Waals surface area contributed by atoms with Gasteiger partial charge in [-0.05, 0) is 67.4 Å². The molecule has 0 fully saturated rings. The normalized spacial score (nSPS) is 10.6. The summed E-state index contributed by atoms with van der Waals surface area (Å²) in [6.45, 7) is 4.21. The van der Waals surface area contributed by atoms with Gasteiger partial charge in [0, 0.05) is 11.1 Å². The fourth-order valence-corrected chi connectivity index (χ4v) is 2.50. The van der Waals surface area contributed by atoms with E-state index in [1.165, 1.54) is 12.1 Å². The van der Waals surface area contributed by atoms with Crippen molar-refractivity contribution in [2.75, 3.05) is 0 Å². The van der Waals surface area contributed by atoms with Gasteiger partial charge in [0.25, 0.3) is 5.91 Å². The molecule has 122 valence electrons. The molecule has 0 radical (unpaired) electrons. The van der Waals surface area contributed by atoms with Gasteiger partial charge >= 0.3 is 0 Å². The molecule has 0 saturated heterocycles. The second-order valence-electron chi connectivity index (χ2n) is 5.70. The van der Waals surface area contributed by atoms with Crippen LogP contribution in [0.25, 0.3) is 11.3 Å². The van der Waals surface area contributed by atoms with Crippen molar-refractivity contribution in [2.24, 2.45) is 0 Å². The molecule has 1 heterocycles. The Hall–Kier alpha value is -2.88. The van der Waals surface area contributed by atoms with E-state index in [-0.39, 0.29) is 11.7 Å². The van der Waals surface area contributed by atoms with E-state index in [0.717, 1.165) is 16.7 Å². The van der Waals surface area contributed by atoms with Crippen LogP contribution in [0.1, 0.15) is 27.2 Å². The Morgan fingerprint density at radius 2 is 1.79 bits per heavy atom. The van der Waals surface area contributed by atoms with Crippen molar-refractivity contribution in [3.63, 3.8) is 0 Å². The van der Waals surface area contributed by atoms with Crippen LogP contribution in [0.5, 0.6) is 0 Å². The molecule has 4 heteroatoms. The molecule has 0 bridgehead atoms. The smallest absolute Gasteiger partial charge is 0.251 e. The third kappa shape index (κ3) is 3.38. The molecule has 1 amide bonds. The summed E-state index contributed by atoms with van der Waals surface area (Å²) < 4.78 is 18.7. The van der Waals surface area contributed by atoms with Crippen molar-refractivity contribution in [3.05, 3.63) is 82.9 Å². The third-order valence-corrected chi connectivity index (χ3v) is 4.06. The van der Waals surface area contributed by atoms with Crippen LogP contribution in [-0.2, 0) is 6.54 Å². The van der Waals surface area contributed by atoms with E-state index in [1.54, 1.807) is 12.1 Å². The zero-order valence-electron chi connectivity index (χ0n) is 13.6. The maximum absolute atomic E-state index is 13.0. The van der Waals surface area contributed by atoms with Crippen LogP contribution in [0.4, 0.5) is 4.39 Å². The van der Waals surface area contributed by atoms with Crippen LogP contribution in [0, 0.1) is 19.7 Å². The van der Waals surface area contributed by atoms with Crippen molar-refractivity contribution in [1.29, 1.82) is 0 Å². The minimum Gasteiger partial charge on any atom is -0.459 e. The first-order valence-corrected chi connectivity index (χ1v) is 7.73. The average Bonchev–Trinajstić information content (AvgIpc) is 3.05. The summed E-state index contributed by atoms with van der Waals surface area (Å²) in [4.78, 5) is 12.3. The number of halogens is 1. The first-order chi connectivity index (χ1) is 11.5. The molecular weight excluding hydrogens is 305 g/mol. The number of nitrogens with one attached hydrogen (secondary N) is 1. The van der Waals surface area contributed by atoms with Crippen molar-refractivity contribution < 1.29 is 13.6 Å². The molecule has 0 atom stereocenters. The van der Waals surface area contributed by atoms with Gasteiger partial charge in [-0.25, -0.2) is 4.39 Å². The highest BCUT2D eigenvalue weighted by Crippen LogP contribution is 2.22. The summed E-state index contributed by atoms with van der Waals surface area (Å²) in [5.41, 5.74) is 3.52. The topological polar surface area (TPSA) is 42.2 Å². The quantitative estimate of drug-likeness (QED) is 0.760. The molecule has 1 N–H and O–H groups in total. The summed E-state index contributed by atoms with van der Waals surface area (Å²) >= 11 is 0. The maximum Gasteiger partial charge on any atom is 0.251 e. The number of amides is 1. The second-order valence-corrected chi connectivity index (χ2v) is 5.70. The van der Waals surface area contributed by atoms with Gasteiger partial charge in [-0.1, -0.05) is 12.1 Å². The average molecular weight is 323 g/mol. The van der Waals surface area contributed by atoms with Crippen LogP contribution < -0.4 is 5.32 Å². The Labute approximate surface area is 140 Å².